The summed E-state index contributed by atoms with van der Waals surface area (Å²) >= 11 is 6.00. The van der Waals surface area contributed by atoms with Crippen molar-refractivity contribution in [2.45, 2.75) is 0 Å². The van der Waals surface area contributed by atoms with E-state index in [0.29, 0.717) is 33.4 Å². The molecule has 5 nitrogen and oxygen atoms in total. The number of allylic oxidation sites excluding steroid dienone is 1. The van der Waals surface area contributed by atoms with Crippen molar-refractivity contribution < 1.29 is 19.0 Å². The maximum absolute atomic E-state index is 12.4. The molecule has 4 rings (SSSR count). The fourth-order valence-corrected chi connectivity index (χ4v) is 3.01. The molecule has 3 aromatic rings. The van der Waals surface area contributed by atoms with Crippen LogP contribution in [0.25, 0.3) is 11.6 Å². The van der Waals surface area contributed by atoms with E-state index in [2.05, 4.69) is 6.07 Å². The summed E-state index contributed by atoms with van der Waals surface area (Å²) < 4.78 is 15.9. The molecule has 1 aliphatic rings. The highest BCUT2D eigenvalue weighted by Gasteiger charge is 2.17. The zero-order valence-corrected chi connectivity index (χ0v) is 15.8. The number of carbonyl (C=O) groups excluding carboxylic acids is 1. The van der Waals surface area contributed by atoms with Crippen molar-refractivity contribution in [3.63, 3.8) is 0 Å². The molecular weight excluding hydrogens is 390 g/mol. The van der Waals surface area contributed by atoms with Gasteiger partial charge < -0.3 is 14.2 Å². The highest BCUT2D eigenvalue weighted by atomic mass is 35.5. The minimum atomic E-state index is -0.497. The average Bonchev–Trinajstić information content (AvgIpc) is 3.21. The standard InChI is InChI=1S/C23H14ClNO4/c24-19-3-1-2-16(11-19)18(13-25)10-15-4-7-20(8-5-15)29-23(26)17-6-9-21-22(12-17)28-14-27-21/h1-12H,14H2/b18-10-. The number of hydrogen-bond donors (Lipinski definition) is 0. The van der Waals surface area contributed by atoms with Crippen LogP contribution in [0.4, 0.5) is 0 Å². The van der Waals surface area contributed by atoms with Gasteiger partial charge in [-0.3, -0.25) is 0 Å². The number of nitrogens with zero attached hydrogens (tertiary/aromatic N) is 1. The molecule has 0 radical (unpaired) electrons. The van der Waals surface area contributed by atoms with Gasteiger partial charge in [0.2, 0.25) is 6.79 Å². The lowest BCUT2D eigenvalue weighted by Gasteiger charge is -2.06. The molecule has 0 amide bonds. The van der Waals surface area contributed by atoms with Crippen LogP contribution in [0, 0.1) is 11.3 Å². The van der Waals surface area contributed by atoms with Crippen LogP contribution < -0.4 is 14.2 Å². The first-order valence-corrected chi connectivity index (χ1v) is 9.10. The minimum absolute atomic E-state index is 0.142. The smallest absolute Gasteiger partial charge is 0.343 e. The summed E-state index contributed by atoms with van der Waals surface area (Å²) in [6.07, 6.45) is 1.75. The van der Waals surface area contributed by atoms with Crippen molar-refractivity contribution in [3.05, 3.63) is 88.4 Å². The van der Waals surface area contributed by atoms with Crippen molar-refractivity contribution in [2.24, 2.45) is 0 Å². The highest BCUT2D eigenvalue weighted by Crippen LogP contribution is 2.32. The highest BCUT2D eigenvalue weighted by molar-refractivity contribution is 6.30. The van der Waals surface area contributed by atoms with Gasteiger partial charge >= 0.3 is 5.97 Å². The molecule has 3 aromatic carbocycles. The van der Waals surface area contributed by atoms with Crippen LogP contribution >= 0.6 is 11.6 Å². The van der Waals surface area contributed by atoms with Crippen molar-refractivity contribution in [3.8, 4) is 23.3 Å². The number of fused-ring (bicyclic) bond motifs is 1. The molecule has 1 heterocycles. The second-order valence-corrected chi connectivity index (χ2v) is 6.64. The molecule has 0 aromatic heterocycles. The zero-order chi connectivity index (χ0) is 20.2. The van der Waals surface area contributed by atoms with Gasteiger partial charge in [-0.1, -0.05) is 35.9 Å². The second-order valence-electron chi connectivity index (χ2n) is 6.21. The fourth-order valence-electron chi connectivity index (χ4n) is 2.82. The molecule has 0 saturated heterocycles. The van der Waals surface area contributed by atoms with Crippen LogP contribution in [-0.4, -0.2) is 12.8 Å². The molecule has 6 heteroatoms. The predicted molar refractivity (Wildman–Crippen MR) is 109 cm³/mol. The van der Waals surface area contributed by atoms with E-state index in [9.17, 15) is 10.1 Å². The molecule has 0 aliphatic carbocycles. The van der Waals surface area contributed by atoms with Crippen LogP contribution in [0.15, 0.2) is 66.7 Å². The number of carbonyl (C=O) groups is 1. The molecule has 0 spiro atoms. The number of nitriles is 1. The fraction of sp³-hybridized carbons (Fsp3) is 0.0435. The number of ether oxygens (including phenoxy) is 3. The Morgan fingerprint density at radius 3 is 2.55 bits per heavy atom. The topological polar surface area (TPSA) is 68.5 Å². The van der Waals surface area contributed by atoms with Gasteiger partial charge in [0.05, 0.1) is 17.2 Å². The summed E-state index contributed by atoms with van der Waals surface area (Å²) in [7, 11) is 0. The zero-order valence-electron chi connectivity index (χ0n) is 15.1. The molecule has 1 aliphatic heterocycles. The third kappa shape index (κ3) is 4.23. The van der Waals surface area contributed by atoms with Crippen molar-refractivity contribution in [1.82, 2.24) is 0 Å². The van der Waals surface area contributed by atoms with Crippen molar-refractivity contribution in [2.75, 3.05) is 6.79 Å². The van der Waals surface area contributed by atoms with Crippen LogP contribution in [-0.2, 0) is 0 Å². The van der Waals surface area contributed by atoms with E-state index in [4.69, 9.17) is 25.8 Å². The lowest BCUT2D eigenvalue weighted by molar-refractivity contribution is 0.0734. The number of rotatable bonds is 4. The number of hydrogen-bond acceptors (Lipinski definition) is 5. The molecular formula is C23H14ClNO4. The Morgan fingerprint density at radius 1 is 1.00 bits per heavy atom. The van der Waals surface area contributed by atoms with E-state index in [1.807, 2.05) is 6.07 Å². The van der Waals surface area contributed by atoms with Gasteiger partial charge in [-0.15, -0.1) is 0 Å². The third-order valence-corrected chi connectivity index (χ3v) is 4.50. The first-order chi connectivity index (χ1) is 14.1. The Hall–Kier alpha value is -3.75. The lowest BCUT2D eigenvalue weighted by Crippen LogP contribution is -2.08. The summed E-state index contributed by atoms with van der Waals surface area (Å²) in [5.41, 5.74) is 2.38. The van der Waals surface area contributed by atoms with Crippen LogP contribution in [0.5, 0.6) is 17.2 Å². The van der Waals surface area contributed by atoms with Gasteiger partial charge in [0.25, 0.3) is 0 Å². The Labute approximate surface area is 172 Å². The number of halogens is 1. The summed E-state index contributed by atoms with van der Waals surface area (Å²) in [4.78, 5) is 12.4. The minimum Gasteiger partial charge on any atom is -0.454 e. The summed E-state index contributed by atoms with van der Waals surface area (Å²) in [6.45, 7) is 0.142. The van der Waals surface area contributed by atoms with Crippen LogP contribution in [0.1, 0.15) is 21.5 Å². The second kappa shape index (κ2) is 8.09. The molecule has 0 atom stereocenters. The Bertz CT molecular complexity index is 1150. The van der Waals surface area contributed by atoms with Gasteiger partial charge in [0.1, 0.15) is 5.75 Å². The van der Waals surface area contributed by atoms with Crippen LogP contribution in [0.2, 0.25) is 5.02 Å². The van der Waals surface area contributed by atoms with E-state index < -0.39 is 5.97 Å². The summed E-state index contributed by atoms with van der Waals surface area (Å²) in [5.74, 6) is 1.02. The third-order valence-electron chi connectivity index (χ3n) is 4.27. The van der Waals surface area contributed by atoms with Crippen molar-refractivity contribution >= 4 is 29.2 Å². The van der Waals surface area contributed by atoms with E-state index in [1.165, 1.54) is 0 Å². The van der Waals surface area contributed by atoms with Gasteiger partial charge in [-0.25, -0.2) is 4.79 Å². The van der Waals surface area contributed by atoms with Gasteiger partial charge in [-0.2, -0.15) is 5.26 Å². The summed E-state index contributed by atoms with van der Waals surface area (Å²) in [6, 6.07) is 21.0. The van der Waals surface area contributed by atoms with E-state index >= 15 is 0 Å². The predicted octanol–water partition coefficient (Wildman–Crippen LogP) is 5.35. The lowest BCUT2D eigenvalue weighted by atomic mass is 10.0. The van der Waals surface area contributed by atoms with Gasteiger partial charge in [-0.05, 0) is 59.7 Å². The first kappa shape index (κ1) is 18.6. The number of benzene rings is 3. The molecule has 0 N–H and O–H groups in total. The Kier molecular flexibility index (Phi) is 5.19. The monoisotopic (exact) mass is 403 g/mol. The summed E-state index contributed by atoms with van der Waals surface area (Å²) in [5, 5.41) is 10.0. The van der Waals surface area contributed by atoms with E-state index in [-0.39, 0.29) is 6.79 Å². The molecule has 0 unspecified atom stereocenters. The molecule has 0 saturated carbocycles. The maximum Gasteiger partial charge on any atom is 0.343 e. The number of esters is 1. The van der Waals surface area contributed by atoms with Gasteiger partial charge in [0, 0.05) is 5.02 Å². The Balaban J connectivity index is 1.49. The van der Waals surface area contributed by atoms with E-state index in [1.54, 1.807) is 66.7 Å². The molecule has 142 valence electrons. The SMILES string of the molecule is N#C/C(=C/c1ccc(OC(=O)c2ccc3c(c2)OCO3)cc1)c1cccc(Cl)c1. The van der Waals surface area contributed by atoms with Crippen molar-refractivity contribution in [1.29, 1.82) is 5.26 Å². The average molecular weight is 404 g/mol. The quantitative estimate of drug-likeness (QED) is 0.254. The van der Waals surface area contributed by atoms with Crippen LogP contribution in [0.3, 0.4) is 0 Å². The van der Waals surface area contributed by atoms with Gasteiger partial charge in [0.15, 0.2) is 11.5 Å². The van der Waals surface area contributed by atoms with E-state index in [0.717, 1.165) is 11.1 Å². The largest absolute Gasteiger partial charge is 0.454 e. The molecule has 0 fully saturated rings. The Morgan fingerprint density at radius 2 is 1.79 bits per heavy atom. The normalized spacial score (nSPS) is 12.3. The molecule has 29 heavy (non-hydrogen) atoms. The maximum atomic E-state index is 12.4. The molecule has 0 bridgehead atoms. The first-order valence-electron chi connectivity index (χ1n) is 8.72.